The van der Waals surface area contributed by atoms with Crippen molar-refractivity contribution in [1.29, 1.82) is 0 Å². The number of aryl methyl sites for hydroxylation is 1. The monoisotopic (exact) mass is 257 g/mol. The van der Waals surface area contributed by atoms with Crippen molar-refractivity contribution < 1.29 is 10.2 Å². The van der Waals surface area contributed by atoms with Crippen molar-refractivity contribution in [3.05, 3.63) is 11.9 Å². The van der Waals surface area contributed by atoms with Crippen molar-refractivity contribution in [2.45, 2.75) is 31.4 Å². The SMILES string of the molecule is CCNc1cc(SCC(O)CO)nc(CC)n1. The summed E-state index contributed by atoms with van der Waals surface area (Å²) in [5, 5.41) is 22.0. The summed E-state index contributed by atoms with van der Waals surface area (Å²) in [6.07, 6.45) is 0.0673. The minimum Gasteiger partial charge on any atom is -0.394 e. The first-order valence-corrected chi connectivity index (χ1v) is 6.71. The van der Waals surface area contributed by atoms with Crippen LogP contribution in [0.3, 0.4) is 0 Å². The fraction of sp³-hybridized carbons (Fsp3) is 0.636. The fourth-order valence-corrected chi connectivity index (χ4v) is 2.04. The molecule has 0 spiro atoms. The Balaban J connectivity index is 2.72. The van der Waals surface area contributed by atoms with E-state index in [1.165, 1.54) is 11.8 Å². The number of nitrogens with zero attached hydrogens (tertiary/aromatic N) is 2. The van der Waals surface area contributed by atoms with Crippen LogP contribution in [0.2, 0.25) is 0 Å². The summed E-state index contributed by atoms with van der Waals surface area (Å²) >= 11 is 1.42. The summed E-state index contributed by atoms with van der Waals surface area (Å²) in [7, 11) is 0. The lowest BCUT2D eigenvalue weighted by Gasteiger charge is -2.09. The molecule has 0 aliphatic carbocycles. The third kappa shape index (κ3) is 4.89. The normalized spacial score (nSPS) is 12.5. The number of aromatic nitrogens is 2. The van der Waals surface area contributed by atoms with Gasteiger partial charge < -0.3 is 15.5 Å². The maximum atomic E-state index is 9.29. The number of nitrogens with one attached hydrogen (secondary N) is 1. The highest BCUT2D eigenvalue weighted by Crippen LogP contribution is 2.19. The molecule has 17 heavy (non-hydrogen) atoms. The zero-order valence-corrected chi connectivity index (χ0v) is 11.0. The second kappa shape index (κ2) is 7.47. The molecule has 0 amide bonds. The van der Waals surface area contributed by atoms with E-state index in [9.17, 15) is 5.11 Å². The van der Waals surface area contributed by atoms with Crippen LogP contribution in [0.15, 0.2) is 11.1 Å². The molecule has 0 aliphatic rings. The van der Waals surface area contributed by atoms with Gasteiger partial charge in [-0.3, -0.25) is 0 Å². The van der Waals surface area contributed by atoms with Crippen molar-refractivity contribution in [2.75, 3.05) is 24.2 Å². The molecule has 1 aromatic rings. The summed E-state index contributed by atoms with van der Waals surface area (Å²) in [5.41, 5.74) is 0. The van der Waals surface area contributed by atoms with Crippen molar-refractivity contribution in [3.63, 3.8) is 0 Å². The predicted octanol–water partition coefficient (Wildman–Crippen LogP) is 0.916. The first-order valence-electron chi connectivity index (χ1n) is 5.73. The van der Waals surface area contributed by atoms with Crippen LogP contribution in [0.5, 0.6) is 0 Å². The Bertz CT molecular complexity index is 349. The molecule has 6 heteroatoms. The van der Waals surface area contributed by atoms with Gasteiger partial charge in [-0.15, -0.1) is 11.8 Å². The molecule has 1 atom stereocenters. The van der Waals surface area contributed by atoms with E-state index >= 15 is 0 Å². The van der Waals surface area contributed by atoms with E-state index in [1.807, 2.05) is 19.9 Å². The summed E-state index contributed by atoms with van der Waals surface area (Å²) in [6.45, 7) is 4.60. The van der Waals surface area contributed by atoms with Gasteiger partial charge in [0.2, 0.25) is 0 Å². The van der Waals surface area contributed by atoms with E-state index in [0.717, 1.165) is 29.6 Å². The standard InChI is InChI=1S/C11H19N3O2S/c1-3-9-13-10(12-4-2)5-11(14-9)17-7-8(16)6-15/h5,8,15-16H,3-4,6-7H2,1-2H3,(H,12,13,14). The van der Waals surface area contributed by atoms with Gasteiger partial charge in [-0.1, -0.05) is 6.92 Å². The lowest BCUT2D eigenvalue weighted by atomic mass is 10.4. The second-order valence-corrected chi connectivity index (χ2v) is 4.58. The highest BCUT2D eigenvalue weighted by molar-refractivity contribution is 7.99. The minimum absolute atomic E-state index is 0.223. The second-order valence-electron chi connectivity index (χ2n) is 3.54. The zero-order chi connectivity index (χ0) is 12.7. The number of rotatable bonds is 7. The molecular weight excluding hydrogens is 238 g/mol. The van der Waals surface area contributed by atoms with Gasteiger partial charge in [-0.25, -0.2) is 9.97 Å². The van der Waals surface area contributed by atoms with Gasteiger partial charge in [0.1, 0.15) is 16.7 Å². The smallest absolute Gasteiger partial charge is 0.131 e. The first kappa shape index (κ1) is 14.2. The van der Waals surface area contributed by atoms with E-state index in [0.29, 0.717) is 5.75 Å². The highest BCUT2D eigenvalue weighted by atomic mass is 32.2. The Morgan fingerprint density at radius 3 is 2.76 bits per heavy atom. The molecule has 0 aromatic carbocycles. The predicted molar refractivity (Wildman–Crippen MR) is 69.4 cm³/mol. The van der Waals surface area contributed by atoms with Crippen LogP contribution in [0.1, 0.15) is 19.7 Å². The molecular formula is C11H19N3O2S. The average molecular weight is 257 g/mol. The van der Waals surface area contributed by atoms with E-state index in [2.05, 4.69) is 15.3 Å². The van der Waals surface area contributed by atoms with Crippen LogP contribution in [-0.2, 0) is 6.42 Å². The van der Waals surface area contributed by atoms with Crippen molar-refractivity contribution in [2.24, 2.45) is 0 Å². The molecule has 1 heterocycles. The van der Waals surface area contributed by atoms with Gasteiger partial charge >= 0.3 is 0 Å². The quantitative estimate of drug-likeness (QED) is 0.498. The Labute approximate surface area is 106 Å². The molecule has 3 N–H and O–H groups in total. The van der Waals surface area contributed by atoms with Gasteiger partial charge in [-0.2, -0.15) is 0 Å². The zero-order valence-electron chi connectivity index (χ0n) is 10.2. The van der Waals surface area contributed by atoms with Gasteiger partial charge in [0.15, 0.2) is 0 Å². The molecule has 1 aromatic heterocycles. The lowest BCUT2D eigenvalue weighted by molar-refractivity contribution is 0.113. The fourth-order valence-electron chi connectivity index (χ4n) is 1.21. The van der Waals surface area contributed by atoms with Crippen LogP contribution in [0, 0.1) is 0 Å². The molecule has 1 rings (SSSR count). The Hall–Kier alpha value is -0.850. The van der Waals surface area contributed by atoms with E-state index in [1.54, 1.807) is 0 Å². The topological polar surface area (TPSA) is 78.3 Å². The molecule has 0 saturated heterocycles. The Morgan fingerprint density at radius 1 is 1.41 bits per heavy atom. The van der Waals surface area contributed by atoms with E-state index in [-0.39, 0.29) is 6.61 Å². The number of hydrogen-bond acceptors (Lipinski definition) is 6. The highest BCUT2D eigenvalue weighted by Gasteiger charge is 2.07. The molecule has 0 aliphatic heterocycles. The van der Waals surface area contributed by atoms with Gasteiger partial charge in [0.05, 0.1) is 12.7 Å². The third-order valence-electron chi connectivity index (χ3n) is 2.06. The molecule has 96 valence electrons. The lowest BCUT2D eigenvalue weighted by Crippen LogP contribution is -2.15. The van der Waals surface area contributed by atoms with Crippen LogP contribution >= 0.6 is 11.8 Å². The van der Waals surface area contributed by atoms with Crippen molar-refractivity contribution >= 4 is 17.6 Å². The molecule has 0 radical (unpaired) electrons. The number of anilines is 1. The molecule has 0 saturated carbocycles. The van der Waals surface area contributed by atoms with Crippen molar-refractivity contribution in [1.82, 2.24) is 9.97 Å². The van der Waals surface area contributed by atoms with E-state index in [4.69, 9.17) is 5.11 Å². The average Bonchev–Trinajstić information content (AvgIpc) is 2.36. The first-order chi connectivity index (χ1) is 8.19. The Kier molecular flexibility index (Phi) is 6.25. The van der Waals surface area contributed by atoms with E-state index < -0.39 is 6.10 Å². The molecule has 1 unspecified atom stereocenters. The molecule has 5 nitrogen and oxygen atoms in total. The summed E-state index contributed by atoms with van der Waals surface area (Å²) in [6, 6.07) is 1.86. The molecule has 0 bridgehead atoms. The Morgan fingerprint density at radius 2 is 2.18 bits per heavy atom. The summed E-state index contributed by atoms with van der Waals surface area (Å²) < 4.78 is 0. The molecule has 0 fully saturated rings. The van der Waals surface area contributed by atoms with Crippen LogP contribution in [0.25, 0.3) is 0 Å². The van der Waals surface area contributed by atoms with Gasteiger partial charge in [0, 0.05) is 24.8 Å². The number of hydrogen-bond donors (Lipinski definition) is 3. The maximum absolute atomic E-state index is 9.29. The van der Waals surface area contributed by atoms with Crippen LogP contribution in [0.4, 0.5) is 5.82 Å². The van der Waals surface area contributed by atoms with Crippen LogP contribution < -0.4 is 5.32 Å². The summed E-state index contributed by atoms with van der Waals surface area (Å²) in [4.78, 5) is 8.70. The number of thioether (sulfide) groups is 1. The van der Waals surface area contributed by atoms with Gasteiger partial charge in [0.25, 0.3) is 0 Å². The number of aliphatic hydroxyl groups excluding tert-OH is 2. The van der Waals surface area contributed by atoms with Crippen molar-refractivity contribution in [3.8, 4) is 0 Å². The third-order valence-corrected chi connectivity index (χ3v) is 3.11. The maximum Gasteiger partial charge on any atom is 0.131 e. The largest absolute Gasteiger partial charge is 0.394 e. The summed E-state index contributed by atoms with van der Waals surface area (Å²) in [5.74, 6) is 2.02. The van der Waals surface area contributed by atoms with Crippen LogP contribution in [-0.4, -0.2) is 45.2 Å². The van der Waals surface area contributed by atoms with Gasteiger partial charge in [-0.05, 0) is 6.92 Å². The minimum atomic E-state index is -0.706. The number of aliphatic hydroxyl groups is 2.